The number of hydrogen-bond acceptors (Lipinski definition) is 1. The maximum atomic E-state index is 12.1. The van der Waals surface area contributed by atoms with E-state index in [0.717, 1.165) is 12.1 Å². The molecule has 1 aromatic rings. The second-order valence-corrected chi connectivity index (χ2v) is 2.31. The third-order valence-corrected chi connectivity index (χ3v) is 1.39. The average molecular weight is 188 g/mol. The van der Waals surface area contributed by atoms with Crippen molar-refractivity contribution in [3.8, 4) is 0 Å². The molecule has 0 heterocycles. The van der Waals surface area contributed by atoms with Crippen LogP contribution in [-0.2, 0) is 11.0 Å². The molecule has 0 aromatic heterocycles. The lowest BCUT2D eigenvalue weighted by atomic mass is 10.2. The average Bonchev–Trinajstić information content (AvgIpc) is 2.04. The number of rotatable bonds is 2. The molecule has 0 bridgehead atoms. The van der Waals surface area contributed by atoms with Crippen molar-refractivity contribution in [1.29, 1.82) is 0 Å². The van der Waals surface area contributed by atoms with Crippen LogP contribution in [0.1, 0.15) is 5.56 Å². The minimum absolute atomic E-state index is 0.0739. The normalized spacial score (nSPS) is 11.0. The predicted molar refractivity (Wildman–Crippen MR) is 40.8 cm³/mol. The van der Waals surface area contributed by atoms with Crippen molar-refractivity contribution in [1.82, 2.24) is 0 Å². The van der Waals surface area contributed by atoms with Gasteiger partial charge in [-0.3, -0.25) is 4.79 Å². The summed E-state index contributed by atoms with van der Waals surface area (Å²) in [5.74, 6) is 0. The Morgan fingerprint density at radius 2 is 2.00 bits per heavy atom. The monoisotopic (exact) mass is 188 g/mol. The van der Waals surface area contributed by atoms with Crippen molar-refractivity contribution in [2.75, 3.05) is 5.32 Å². The molecule has 2 nitrogen and oxygen atoms in total. The third-order valence-electron chi connectivity index (χ3n) is 1.39. The summed E-state index contributed by atoms with van der Waals surface area (Å²) in [4.78, 5) is 9.82. The van der Waals surface area contributed by atoms with Crippen molar-refractivity contribution in [3.05, 3.63) is 29.8 Å². The van der Waals surface area contributed by atoms with Crippen LogP contribution in [0.25, 0.3) is 0 Å². The first-order chi connectivity index (χ1) is 6.04. The Morgan fingerprint density at radius 1 is 1.31 bits per heavy atom. The summed E-state index contributed by atoms with van der Waals surface area (Å²) >= 11 is 0. The minimum atomic E-state index is -4.39. The van der Waals surface area contributed by atoms with E-state index in [-0.39, 0.29) is 5.69 Å². The molecular formula is C8H5F3NO. The van der Waals surface area contributed by atoms with Gasteiger partial charge in [0.2, 0.25) is 0 Å². The lowest BCUT2D eigenvalue weighted by molar-refractivity contribution is -0.137. The maximum Gasteiger partial charge on any atom is 0.416 e. The van der Waals surface area contributed by atoms with E-state index < -0.39 is 11.7 Å². The van der Waals surface area contributed by atoms with Gasteiger partial charge in [-0.25, -0.2) is 0 Å². The fourth-order valence-electron chi connectivity index (χ4n) is 0.832. The number of amides is 1. The molecule has 5 heteroatoms. The van der Waals surface area contributed by atoms with E-state index in [1.54, 1.807) is 0 Å². The van der Waals surface area contributed by atoms with Crippen molar-refractivity contribution in [2.24, 2.45) is 0 Å². The zero-order valence-electron chi connectivity index (χ0n) is 6.35. The van der Waals surface area contributed by atoms with Crippen LogP contribution in [0.15, 0.2) is 24.3 Å². The molecule has 0 saturated carbocycles. The standard InChI is InChI=1S/C8H5F3NO/c9-8(10,11)6-2-1-3-7(4-6)12-5-13/h1-4H,(H,12,13). The highest BCUT2D eigenvalue weighted by atomic mass is 19.4. The van der Waals surface area contributed by atoms with Gasteiger partial charge in [0, 0.05) is 5.69 Å². The maximum absolute atomic E-state index is 12.1. The predicted octanol–water partition coefficient (Wildman–Crippen LogP) is 2.18. The van der Waals surface area contributed by atoms with Crippen LogP contribution in [-0.4, -0.2) is 6.41 Å². The molecule has 0 unspecified atom stereocenters. The zero-order valence-corrected chi connectivity index (χ0v) is 6.35. The number of anilines is 1. The molecule has 1 aromatic carbocycles. The van der Waals surface area contributed by atoms with Gasteiger partial charge in [-0.15, -0.1) is 0 Å². The Morgan fingerprint density at radius 3 is 2.54 bits per heavy atom. The summed E-state index contributed by atoms with van der Waals surface area (Å²) in [6.07, 6.45) is -3.09. The van der Waals surface area contributed by atoms with E-state index in [2.05, 4.69) is 0 Å². The van der Waals surface area contributed by atoms with Gasteiger partial charge < -0.3 is 5.32 Å². The van der Waals surface area contributed by atoms with Gasteiger partial charge in [-0.1, -0.05) is 6.07 Å². The van der Waals surface area contributed by atoms with Crippen LogP contribution in [0.5, 0.6) is 0 Å². The molecule has 1 radical (unpaired) electrons. The number of carbonyl (C=O) groups excluding carboxylic acids is 1. The highest BCUT2D eigenvalue weighted by Gasteiger charge is 2.30. The number of benzene rings is 1. The van der Waals surface area contributed by atoms with Crippen molar-refractivity contribution < 1.29 is 18.0 Å². The number of alkyl halides is 3. The van der Waals surface area contributed by atoms with E-state index in [0.29, 0.717) is 0 Å². The highest BCUT2D eigenvalue weighted by Crippen LogP contribution is 2.30. The molecule has 69 valence electrons. The fraction of sp³-hybridized carbons (Fsp3) is 0.125. The molecular weight excluding hydrogens is 183 g/mol. The first kappa shape index (κ1) is 9.57. The van der Waals surface area contributed by atoms with Gasteiger partial charge in [0.15, 0.2) is 0 Å². The largest absolute Gasteiger partial charge is 0.416 e. The Hall–Kier alpha value is -1.52. The Balaban J connectivity index is 2.98. The van der Waals surface area contributed by atoms with Gasteiger partial charge in [0.1, 0.15) is 0 Å². The minimum Gasteiger partial charge on any atom is -0.318 e. The van der Waals surface area contributed by atoms with E-state index in [4.69, 9.17) is 0 Å². The van der Waals surface area contributed by atoms with Crippen LogP contribution < -0.4 is 5.32 Å². The van der Waals surface area contributed by atoms with Gasteiger partial charge in [0.05, 0.1) is 5.56 Å². The number of nitrogens with one attached hydrogen (secondary N) is 1. The summed E-state index contributed by atoms with van der Waals surface area (Å²) in [7, 11) is 0. The Bertz CT molecular complexity index is 309. The van der Waals surface area contributed by atoms with Gasteiger partial charge >= 0.3 is 12.6 Å². The molecule has 1 amide bonds. The molecule has 0 atom stereocenters. The molecule has 1 rings (SSSR count). The fourth-order valence-corrected chi connectivity index (χ4v) is 0.832. The van der Waals surface area contributed by atoms with Crippen LogP contribution in [0.4, 0.5) is 18.9 Å². The van der Waals surface area contributed by atoms with Gasteiger partial charge in [-0.05, 0) is 18.2 Å². The molecule has 13 heavy (non-hydrogen) atoms. The van der Waals surface area contributed by atoms with Crippen molar-refractivity contribution in [3.63, 3.8) is 0 Å². The van der Waals surface area contributed by atoms with Crippen molar-refractivity contribution in [2.45, 2.75) is 6.18 Å². The summed E-state index contributed by atoms with van der Waals surface area (Å²) in [6.45, 7) is 0. The second kappa shape index (κ2) is 3.47. The molecule has 0 saturated heterocycles. The van der Waals surface area contributed by atoms with Gasteiger partial charge in [0.25, 0.3) is 0 Å². The second-order valence-electron chi connectivity index (χ2n) is 2.31. The summed E-state index contributed by atoms with van der Waals surface area (Å²) in [5, 5.41) is 2.01. The van der Waals surface area contributed by atoms with E-state index in [1.807, 2.05) is 5.32 Å². The molecule has 0 fully saturated rings. The van der Waals surface area contributed by atoms with Gasteiger partial charge in [-0.2, -0.15) is 13.2 Å². The van der Waals surface area contributed by atoms with E-state index in [9.17, 15) is 18.0 Å². The molecule has 0 spiro atoms. The topological polar surface area (TPSA) is 29.1 Å². The lowest BCUT2D eigenvalue weighted by Gasteiger charge is -2.07. The van der Waals surface area contributed by atoms with Crippen LogP contribution >= 0.6 is 0 Å². The quantitative estimate of drug-likeness (QED) is 0.708. The first-order valence-corrected chi connectivity index (χ1v) is 3.34. The van der Waals surface area contributed by atoms with Crippen LogP contribution in [0.2, 0.25) is 0 Å². The number of halogens is 3. The van der Waals surface area contributed by atoms with Crippen LogP contribution in [0.3, 0.4) is 0 Å². The Kier molecular flexibility index (Phi) is 2.55. The molecule has 0 aliphatic heterocycles. The summed E-state index contributed by atoms with van der Waals surface area (Å²) in [5.41, 5.74) is -0.724. The third kappa shape index (κ3) is 2.47. The SMILES string of the molecule is O=[C]Nc1cccc(C(F)(F)F)c1. The zero-order chi connectivity index (χ0) is 9.90. The van der Waals surface area contributed by atoms with E-state index >= 15 is 0 Å². The molecule has 0 aliphatic rings. The van der Waals surface area contributed by atoms with E-state index in [1.165, 1.54) is 18.5 Å². The smallest absolute Gasteiger partial charge is 0.318 e. The number of hydrogen-bond donors (Lipinski definition) is 1. The summed E-state index contributed by atoms with van der Waals surface area (Å²) in [6, 6.07) is 4.32. The van der Waals surface area contributed by atoms with Crippen LogP contribution in [0, 0.1) is 0 Å². The summed E-state index contributed by atoms with van der Waals surface area (Å²) < 4.78 is 36.2. The Labute approximate surface area is 72.4 Å². The molecule has 1 N–H and O–H groups in total. The van der Waals surface area contributed by atoms with Crippen molar-refractivity contribution >= 4 is 12.1 Å². The highest BCUT2D eigenvalue weighted by molar-refractivity contribution is 5.71. The molecule has 0 aliphatic carbocycles. The lowest BCUT2D eigenvalue weighted by Crippen LogP contribution is -2.05. The first-order valence-electron chi connectivity index (χ1n) is 3.34.